The van der Waals surface area contributed by atoms with E-state index in [0.29, 0.717) is 18.1 Å². The molecule has 4 rings (SSSR count). The number of hydrogen-bond acceptors (Lipinski definition) is 3. The van der Waals surface area contributed by atoms with Crippen molar-refractivity contribution < 1.29 is 14.2 Å². The average Bonchev–Trinajstić information content (AvgIpc) is 3.31. The number of alkyl halides is 1. The van der Waals surface area contributed by atoms with Crippen molar-refractivity contribution in [2.75, 3.05) is 19.8 Å². The monoisotopic (exact) mass is 342 g/mol. The highest BCUT2D eigenvalue weighted by atomic mass is 79.9. The van der Waals surface area contributed by atoms with Crippen LogP contribution in [0.5, 0.6) is 0 Å². The molecule has 4 heteroatoms. The predicted octanol–water partition coefficient (Wildman–Crippen LogP) is 3.42. The molecule has 112 valence electrons. The molecule has 0 radical (unpaired) electrons. The highest BCUT2D eigenvalue weighted by Gasteiger charge is 2.66. The first-order valence-corrected chi connectivity index (χ1v) is 8.68. The molecule has 3 nitrogen and oxygen atoms in total. The molecule has 3 fully saturated rings. The summed E-state index contributed by atoms with van der Waals surface area (Å²) in [6.45, 7) is 6.85. The van der Waals surface area contributed by atoms with Gasteiger partial charge >= 0.3 is 0 Å². The van der Waals surface area contributed by atoms with Gasteiger partial charge in [0.2, 0.25) is 0 Å². The fourth-order valence-corrected chi connectivity index (χ4v) is 4.87. The summed E-state index contributed by atoms with van der Waals surface area (Å²) in [4.78, 5) is 0.200. The second kappa shape index (κ2) is 4.31. The lowest BCUT2D eigenvalue weighted by atomic mass is 9.74. The van der Waals surface area contributed by atoms with E-state index < -0.39 is 5.79 Å². The number of epoxide rings is 1. The summed E-state index contributed by atoms with van der Waals surface area (Å²) < 4.78 is 18.2. The Kier molecular flexibility index (Phi) is 2.96. The fraction of sp³-hybridized carbons (Fsp3) is 0.875. The van der Waals surface area contributed by atoms with Gasteiger partial charge in [0.15, 0.2) is 5.79 Å². The topological polar surface area (TPSA) is 31.0 Å². The van der Waals surface area contributed by atoms with Gasteiger partial charge in [-0.1, -0.05) is 34.5 Å². The molecular weight excluding hydrogens is 320 g/mol. The van der Waals surface area contributed by atoms with Crippen LogP contribution in [-0.4, -0.2) is 36.5 Å². The molecule has 2 heterocycles. The predicted molar refractivity (Wildman–Crippen MR) is 79.9 cm³/mol. The van der Waals surface area contributed by atoms with Crippen LogP contribution in [0.4, 0.5) is 0 Å². The van der Waals surface area contributed by atoms with Crippen LogP contribution >= 0.6 is 15.9 Å². The average molecular weight is 343 g/mol. The molecule has 0 unspecified atom stereocenters. The molecule has 0 aromatic carbocycles. The SMILES string of the molecule is CCC1(CO[C@@]23CC(C)=C[C@@]([C@H]4CO4)(CO2)[C@@H]3Br)CC1. The van der Waals surface area contributed by atoms with Crippen LogP contribution in [0.3, 0.4) is 0 Å². The minimum Gasteiger partial charge on any atom is -0.372 e. The van der Waals surface area contributed by atoms with Crippen molar-refractivity contribution in [3.8, 4) is 0 Å². The van der Waals surface area contributed by atoms with Crippen molar-refractivity contribution in [1.29, 1.82) is 0 Å². The molecule has 4 atom stereocenters. The van der Waals surface area contributed by atoms with E-state index in [2.05, 4.69) is 35.9 Å². The Morgan fingerprint density at radius 3 is 2.80 bits per heavy atom. The molecule has 2 saturated heterocycles. The highest BCUT2D eigenvalue weighted by Crippen LogP contribution is 2.59. The Hall–Kier alpha value is 0.100. The second-order valence-corrected chi connectivity index (χ2v) is 8.12. The molecule has 0 aromatic rings. The van der Waals surface area contributed by atoms with Crippen LogP contribution in [-0.2, 0) is 14.2 Å². The Labute approximate surface area is 129 Å². The van der Waals surface area contributed by atoms with Crippen LogP contribution in [0.25, 0.3) is 0 Å². The van der Waals surface area contributed by atoms with Gasteiger partial charge in [0.1, 0.15) is 0 Å². The summed E-state index contributed by atoms with van der Waals surface area (Å²) in [5.74, 6) is -0.477. The van der Waals surface area contributed by atoms with Gasteiger partial charge in [0.25, 0.3) is 0 Å². The number of hydrogen-bond donors (Lipinski definition) is 0. The quantitative estimate of drug-likeness (QED) is 0.435. The maximum absolute atomic E-state index is 6.40. The minimum atomic E-state index is -0.477. The van der Waals surface area contributed by atoms with E-state index in [4.69, 9.17) is 14.2 Å². The van der Waals surface area contributed by atoms with E-state index in [-0.39, 0.29) is 10.2 Å². The molecule has 0 aromatic heterocycles. The van der Waals surface area contributed by atoms with Crippen molar-refractivity contribution in [2.24, 2.45) is 10.8 Å². The maximum atomic E-state index is 6.40. The summed E-state index contributed by atoms with van der Waals surface area (Å²) in [5.41, 5.74) is 1.78. The molecule has 2 aliphatic carbocycles. The first kappa shape index (κ1) is 13.7. The number of ether oxygens (including phenoxy) is 3. The van der Waals surface area contributed by atoms with E-state index in [1.165, 1.54) is 24.8 Å². The lowest BCUT2D eigenvalue weighted by Gasteiger charge is -2.40. The first-order valence-electron chi connectivity index (χ1n) is 7.76. The molecule has 0 spiro atoms. The summed E-state index contributed by atoms with van der Waals surface area (Å²) in [5, 5.41) is 0. The van der Waals surface area contributed by atoms with Gasteiger partial charge in [-0.05, 0) is 31.6 Å². The van der Waals surface area contributed by atoms with Gasteiger partial charge in [-0.15, -0.1) is 0 Å². The van der Waals surface area contributed by atoms with Gasteiger partial charge in [-0.2, -0.15) is 0 Å². The van der Waals surface area contributed by atoms with E-state index >= 15 is 0 Å². The first-order chi connectivity index (χ1) is 9.54. The van der Waals surface area contributed by atoms with Crippen molar-refractivity contribution >= 4 is 15.9 Å². The molecule has 4 aliphatic rings. The van der Waals surface area contributed by atoms with Crippen LogP contribution in [0.1, 0.15) is 39.5 Å². The molecule has 2 bridgehead atoms. The lowest BCUT2D eigenvalue weighted by Crippen LogP contribution is -2.49. The fourth-order valence-electron chi connectivity index (χ4n) is 3.88. The van der Waals surface area contributed by atoms with E-state index in [0.717, 1.165) is 19.6 Å². The molecular formula is C16H23BrO3. The molecule has 2 aliphatic heterocycles. The van der Waals surface area contributed by atoms with E-state index in [9.17, 15) is 0 Å². The summed E-state index contributed by atoms with van der Waals surface area (Å²) in [6, 6.07) is 0. The van der Waals surface area contributed by atoms with Gasteiger partial charge in [-0.25, -0.2) is 0 Å². The number of rotatable bonds is 5. The molecule has 1 saturated carbocycles. The Bertz CT molecular complexity index is 455. The van der Waals surface area contributed by atoms with Crippen LogP contribution in [0.15, 0.2) is 11.6 Å². The maximum Gasteiger partial charge on any atom is 0.185 e. The third-order valence-electron chi connectivity index (χ3n) is 5.73. The van der Waals surface area contributed by atoms with Crippen molar-refractivity contribution in [3.05, 3.63) is 11.6 Å². The summed E-state index contributed by atoms with van der Waals surface area (Å²) >= 11 is 3.90. The molecule has 20 heavy (non-hydrogen) atoms. The van der Waals surface area contributed by atoms with Crippen LogP contribution in [0, 0.1) is 10.8 Å². The molecule has 0 N–H and O–H groups in total. The zero-order valence-corrected chi connectivity index (χ0v) is 13.9. The van der Waals surface area contributed by atoms with Gasteiger partial charge < -0.3 is 14.2 Å². The minimum absolute atomic E-state index is 0.0226. The van der Waals surface area contributed by atoms with Crippen molar-refractivity contribution in [2.45, 2.75) is 56.2 Å². The smallest absolute Gasteiger partial charge is 0.185 e. The summed E-state index contributed by atoms with van der Waals surface area (Å²) in [6.07, 6.45) is 7.36. The zero-order valence-electron chi connectivity index (χ0n) is 12.3. The second-order valence-electron chi connectivity index (χ2n) is 7.21. The highest BCUT2D eigenvalue weighted by molar-refractivity contribution is 9.09. The van der Waals surface area contributed by atoms with Crippen LogP contribution in [0.2, 0.25) is 0 Å². The lowest BCUT2D eigenvalue weighted by molar-refractivity contribution is -0.213. The van der Waals surface area contributed by atoms with Gasteiger partial charge in [0.05, 0.1) is 36.2 Å². The van der Waals surface area contributed by atoms with E-state index in [1.54, 1.807) is 0 Å². The van der Waals surface area contributed by atoms with Crippen molar-refractivity contribution in [1.82, 2.24) is 0 Å². The number of fused-ring (bicyclic) bond motifs is 2. The standard InChI is InChI=1S/C16H23BrO3/c1-3-14(4-5-14)9-19-16-7-11(2)6-15(10-20-16,13(16)17)12-8-18-12/h6,12-13H,3-5,7-10H2,1-2H3/t12-,13+,15+,16+/m1/s1. The Morgan fingerprint density at radius 1 is 1.45 bits per heavy atom. The van der Waals surface area contributed by atoms with Crippen LogP contribution < -0.4 is 0 Å². The van der Waals surface area contributed by atoms with E-state index in [1.807, 2.05) is 0 Å². The molecule has 0 amide bonds. The Morgan fingerprint density at radius 2 is 2.20 bits per heavy atom. The third kappa shape index (κ3) is 1.88. The zero-order chi connectivity index (χ0) is 14.0. The van der Waals surface area contributed by atoms with Gasteiger partial charge in [-0.3, -0.25) is 0 Å². The normalized spacial score (nSPS) is 48.0. The number of halogens is 1. The summed E-state index contributed by atoms with van der Waals surface area (Å²) in [7, 11) is 0. The van der Waals surface area contributed by atoms with Gasteiger partial charge in [0, 0.05) is 6.42 Å². The largest absolute Gasteiger partial charge is 0.372 e. The Balaban J connectivity index is 1.57. The van der Waals surface area contributed by atoms with Crippen molar-refractivity contribution in [3.63, 3.8) is 0 Å². The third-order valence-corrected chi connectivity index (χ3v) is 7.28.